The second kappa shape index (κ2) is 8.90. The molecule has 0 saturated heterocycles. The molecule has 7 heteroatoms. The summed E-state index contributed by atoms with van der Waals surface area (Å²) < 4.78 is 1.83. The molecule has 0 radical (unpaired) electrons. The Morgan fingerprint density at radius 1 is 1.07 bits per heavy atom. The zero-order chi connectivity index (χ0) is 22.7. The van der Waals surface area contributed by atoms with Crippen LogP contribution in [0.1, 0.15) is 59.7 Å². The van der Waals surface area contributed by atoms with Crippen LogP contribution in [0.4, 0.5) is 16.3 Å². The number of aryl methyl sites for hydroxylation is 1. The summed E-state index contributed by atoms with van der Waals surface area (Å²) in [7, 11) is 0. The first kappa shape index (κ1) is 23.4. The van der Waals surface area contributed by atoms with Gasteiger partial charge in [0.15, 0.2) is 0 Å². The molecule has 0 aliphatic rings. The number of rotatable bonds is 5. The number of urea groups is 1. The van der Waals surface area contributed by atoms with Crippen molar-refractivity contribution in [3.05, 3.63) is 41.6 Å². The van der Waals surface area contributed by atoms with Crippen molar-refractivity contribution >= 4 is 23.4 Å². The Balaban J connectivity index is 2.13. The highest BCUT2D eigenvalue weighted by Gasteiger charge is 2.26. The van der Waals surface area contributed by atoms with E-state index < -0.39 is 0 Å². The van der Waals surface area contributed by atoms with Gasteiger partial charge in [-0.25, -0.2) is 9.48 Å². The number of hydrogen-bond acceptors (Lipinski definition) is 3. The predicted octanol–water partition coefficient (Wildman–Crippen LogP) is 4.74. The number of anilines is 2. The summed E-state index contributed by atoms with van der Waals surface area (Å²) in [5, 5.41) is 10.5. The Kier molecular flexibility index (Phi) is 6.95. The summed E-state index contributed by atoms with van der Waals surface area (Å²) in [6, 6.07) is 9.17. The first-order valence-electron chi connectivity index (χ1n) is 10.3. The van der Waals surface area contributed by atoms with Crippen molar-refractivity contribution < 1.29 is 9.59 Å². The number of benzene rings is 1. The van der Waals surface area contributed by atoms with Crippen LogP contribution in [0.15, 0.2) is 30.3 Å². The first-order chi connectivity index (χ1) is 13.8. The molecule has 0 unspecified atom stereocenters. The third-order valence-electron chi connectivity index (χ3n) is 4.65. The molecule has 3 amide bonds. The lowest BCUT2D eigenvalue weighted by atomic mass is 9.92. The summed E-state index contributed by atoms with van der Waals surface area (Å²) in [6.45, 7) is 16.5. The lowest BCUT2D eigenvalue weighted by Crippen LogP contribution is -2.41. The van der Waals surface area contributed by atoms with Gasteiger partial charge in [-0.15, -0.1) is 0 Å². The van der Waals surface area contributed by atoms with E-state index in [4.69, 9.17) is 5.10 Å². The molecular weight excluding hydrogens is 378 g/mol. The van der Waals surface area contributed by atoms with E-state index in [0.717, 1.165) is 11.3 Å². The van der Waals surface area contributed by atoms with Crippen LogP contribution in [0.3, 0.4) is 0 Å². The van der Waals surface area contributed by atoms with Crippen molar-refractivity contribution in [3.8, 4) is 0 Å². The Morgan fingerprint density at radius 2 is 1.73 bits per heavy atom. The van der Waals surface area contributed by atoms with Gasteiger partial charge in [-0.1, -0.05) is 32.9 Å². The van der Waals surface area contributed by atoms with Crippen molar-refractivity contribution in [2.45, 2.75) is 66.3 Å². The van der Waals surface area contributed by atoms with E-state index in [0.29, 0.717) is 18.1 Å². The highest BCUT2D eigenvalue weighted by Crippen LogP contribution is 2.28. The molecule has 0 saturated carbocycles. The standard InChI is InChI=1S/C23H35N5O2/c1-9-27(21(30)24-17-12-10-11-16(2)13-17)15-20(29)25-19-14-18(22(3,4)5)26-28(19)23(6,7)8/h10-14H,9,15H2,1-8H3,(H,24,30)(H,25,29). The number of carbonyl (C=O) groups is 2. The van der Waals surface area contributed by atoms with E-state index in [1.165, 1.54) is 4.90 Å². The number of nitrogens with zero attached hydrogens (tertiary/aromatic N) is 3. The predicted molar refractivity (Wildman–Crippen MR) is 122 cm³/mol. The molecule has 2 rings (SSSR count). The first-order valence-corrected chi connectivity index (χ1v) is 10.3. The molecule has 1 aromatic carbocycles. The molecule has 1 aromatic heterocycles. The minimum absolute atomic E-state index is 0.0473. The SMILES string of the molecule is CCN(CC(=O)Nc1cc(C(C)(C)C)nn1C(C)(C)C)C(=O)Nc1cccc(C)c1. The highest BCUT2D eigenvalue weighted by molar-refractivity contribution is 5.96. The molecule has 30 heavy (non-hydrogen) atoms. The number of amides is 3. The fourth-order valence-electron chi connectivity index (χ4n) is 2.96. The summed E-state index contributed by atoms with van der Waals surface area (Å²) in [6.07, 6.45) is 0. The average molecular weight is 414 g/mol. The normalized spacial score (nSPS) is 11.9. The molecule has 0 aliphatic heterocycles. The molecular formula is C23H35N5O2. The maximum absolute atomic E-state index is 12.8. The topological polar surface area (TPSA) is 79.3 Å². The van der Waals surface area contributed by atoms with Crippen LogP contribution >= 0.6 is 0 Å². The molecule has 164 valence electrons. The lowest BCUT2D eigenvalue weighted by molar-refractivity contribution is -0.116. The molecule has 0 atom stereocenters. The van der Waals surface area contributed by atoms with Crippen LogP contribution in [0.25, 0.3) is 0 Å². The largest absolute Gasteiger partial charge is 0.322 e. The van der Waals surface area contributed by atoms with Gasteiger partial charge in [0.05, 0.1) is 11.2 Å². The maximum Gasteiger partial charge on any atom is 0.322 e. The van der Waals surface area contributed by atoms with E-state index in [1.807, 2.05) is 69.6 Å². The molecule has 1 heterocycles. The minimum Gasteiger partial charge on any atom is -0.315 e. The fourth-order valence-corrected chi connectivity index (χ4v) is 2.96. The number of nitrogens with one attached hydrogen (secondary N) is 2. The zero-order valence-electron chi connectivity index (χ0n) is 19.5. The van der Waals surface area contributed by atoms with Crippen molar-refractivity contribution in [2.75, 3.05) is 23.7 Å². The van der Waals surface area contributed by atoms with Crippen LogP contribution in [0.5, 0.6) is 0 Å². The summed E-state index contributed by atoms with van der Waals surface area (Å²) in [5.41, 5.74) is 2.23. The number of aromatic nitrogens is 2. The Labute approximate surface area is 179 Å². The quantitative estimate of drug-likeness (QED) is 0.743. The lowest BCUT2D eigenvalue weighted by Gasteiger charge is -2.24. The maximum atomic E-state index is 12.8. The third kappa shape index (κ3) is 6.08. The van der Waals surface area contributed by atoms with Crippen LogP contribution in [-0.2, 0) is 15.7 Å². The number of hydrogen-bond donors (Lipinski definition) is 2. The molecule has 2 aromatic rings. The van der Waals surface area contributed by atoms with Crippen LogP contribution in [0, 0.1) is 6.92 Å². The smallest absolute Gasteiger partial charge is 0.315 e. The van der Waals surface area contributed by atoms with Gasteiger partial charge in [-0.05, 0) is 52.3 Å². The van der Waals surface area contributed by atoms with Gasteiger partial charge < -0.3 is 15.5 Å². The van der Waals surface area contributed by atoms with E-state index in [-0.39, 0.29) is 29.4 Å². The Morgan fingerprint density at radius 3 is 2.27 bits per heavy atom. The fraction of sp³-hybridized carbons (Fsp3) is 0.522. The van der Waals surface area contributed by atoms with Crippen LogP contribution < -0.4 is 10.6 Å². The molecule has 7 nitrogen and oxygen atoms in total. The second-order valence-corrected chi connectivity index (χ2v) is 9.61. The van der Waals surface area contributed by atoms with Gasteiger partial charge in [0.2, 0.25) is 5.91 Å². The molecule has 0 aliphatic carbocycles. The van der Waals surface area contributed by atoms with Gasteiger partial charge in [0.25, 0.3) is 0 Å². The van der Waals surface area contributed by atoms with Crippen LogP contribution in [0.2, 0.25) is 0 Å². The molecule has 0 fully saturated rings. The zero-order valence-corrected chi connectivity index (χ0v) is 19.5. The number of carbonyl (C=O) groups excluding carboxylic acids is 2. The van der Waals surface area contributed by atoms with Crippen molar-refractivity contribution in [1.29, 1.82) is 0 Å². The van der Waals surface area contributed by atoms with E-state index in [1.54, 1.807) is 0 Å². The summed E-state index contributed by atoms with van der Waals surface area (Å²) in [5.74, 6) is 0.370. The summed E-state index contributed by atoms with van der Waals surface area (Å²) in [4.78, 5) is 26.9. The Bertz CT molecular complexity index is 903. The highest BCUT2D eigenvalue weighted by atomic mass is 16.2. The average Bonchev–Trinajstić information content (AvgIpc) is 3.04. The number of likely N-dealkylation sites (N-methyl/N-ethyl adjacent to an activating group) is 1. The monoisotopic (exact) mass is 413 g/mol. The van der Waals surface area contributed by atoms with E-state index >= 15 is 0 Å². The molecule has 0 bridgehead atoms. The van der Waals surface area contributed by atoms with Crippen molar-refractivity contribution in [1.82, 2.24) is 14.7 Å². The van der Waals surface area contributed by atoms with Crippen molar-refractivity contribution in [2.24, 2.45) is 0 Å². The molecule has 0 spiro atoms. The minimum atomic E-state index is -0.307. The third-order valence-corrected chi connectivity index (χ3v) is 4.65. The molecule has 2 N–H and O–H groups in total. The Hall–Kier alpha value is -2.83. The van der Waals surface area contributed by atoms with Gasteiger partial charge in [-0.2, -0.15) is 5.10 Å². The van der Waals surface area contributed by atoms with Gasteiger partial charge in [0.1, 0.15) is 12.4 Å². The van der Waals surface area contributed by atoms with E-state index in [2.05, 4.69) is 31.4 Å². The van der Waals surface area contributed by atoms with Crippen molar-refractivity contribution in [3.63, 3.8) is 0 Å². The van der Waals surface area contributed by atoms with E-state index in [9.17, 15) is 9.59 Å². The summed E-state index contributed by atoms with van der Waals surface area (Å²) >= 11 is 0. The van der Waals surface area contributed by atoms with Gasteiger partial charge >= 0.3 is 6.03 Å². The van der Waals surface area contributed by atoms with Gasteiger partial charge in [0, 0.05) is 23.7 Å². The second-order valence-electron chi connectivity index (χ2n) is 9.61. The van der Waals surface area contributed by atoms with Crippen LogP contribution in [-0.4, -0.2) is 39.7 Å². The van der Waals surface area contributed by atoms with Gasteiger partial charge in [-0.3, -0.25) is 4.79 Å².